The number of para-hydroxylation sites is 1. The SMILES string of the molecule is CSc1ncc2c(O)c(C3=NS(O)(O)c4ccccc4N3)c(=O)n(Cc3ccccc3)c2n1. The van der Waals surface area contributed by atoms with Crippen LogP contribution in [0.1, 0.15) is 11.1 Å². The summed E-state index contributed by atoms with van der Waals surface area (Å²) in [6.07, 6.45) is 3.27. The molecule has 0 amide bonds. The lowest BCUT2D eigenvalue weighted by Gasteiger charge is -2.34. The van der Waals surface area contributed by atoms with E-state index in [-0.39, 0.29) is 39.6 Å². The second-order valence-electron chi connectivity index (χ2n) is 7.27. The molecule has 1 aliphatic rings. The van der Waals surface area contributed by atoms with Crippen LogP contribution in [-0.2, 0) is 6.54 Å². The maximum atomic E-state index is 13.7. The highest BCUT2D eigenvalue weighted by Gasteiger charge is 2.30. The van der Waals surface area contributed by atoms with Crippen LogP contribution in [0, 0.1) is 0 Å². The Kier molecular flexibility index (Phi) is 5.33. The van der Waals surface area contributed by atoms with Gasteiger partial charge in [0.25, 0.3) is 5.56 Å². The largest absolute Gasteiger partial charge is 0.506 e. The Labute approximate surface area is 194 Å². The van der Waals surface area contributed by atoms with Gasteiger partial charge in [-0.05, 0) is 24.0 Å². The van der Waals surface area contributed by atoms with E-state index in [1.54, 1.807) is 24.3 Å². The summed E-state index contributed by atoms with van der Waals surface area (Å²) < 4.78 is 26.7. The number of amidine groups is 1. The van der Waals surface area contributed by atoms with Crippen molar-refractivity contribution in [3.05, 3.63) is 82.3 Å². The van der Waals surface area contributed by atoms with Gasteiger partial charge >= 0.3 is 0 Å². The summed E-state index contributed by atoms with van der Waals surface area (Å²) in [4.78, 5) is 22.6. The molecule has 3 heterocycles. The number of aromatic hydroxyl groups is 1. The molecular weight excluding hydrogens is 462 g/mol. The van der Waals surface area contributed by atoms with E-state index in [0.717, 1.165) is 5.56 Å². The summed E-state index contributed by atoms with van der Waals surface area (Å²) in [5.41, 5.74) is 0.761. The smallest absolute Gasteiger partial charge is 0.267 e. The number of benzene rings is 2. The number of anilines is 1. The van der Waals surface area contributed by atoms with Gasteiger partial charge in [-0.3, -0.25) is 18.5 Å². The first-order valence-electron chi connectivity index (χ1n) is 9.84. The van der Waals surface area contributed by atoms with Crippen molar-refractivity contribution in [2.24, 2.45) is 4.40 Å². The fraction of sp³-hybridized carbons (Fsp3) is 0.0909. The summed E-state index contributed by atoms with van der Waals surface area (Å²) in [7, 11) is -3.58. The Bertz CT molecular complexity index is 1470. The molecule has 33 heavy (non-hydrogen) atoms. The number of nitrogens with zero attached hydrogens (tertiary/aromatic N) is 4. The van der Waals surface area contributed by atoms with Crippen LogP contribution in [0.3, 0.4) is 0 Å². The number of hydrogen-bond donors (Lipinski definition) is 4. The maximum absolute atomic E-state index is 13.7. The van der Waals surface area contributed by atoms with Gasteiger partial charge in [0, 0.05) is 6.20 Å². The lowest BCUT2D eigenvalue weighted by molar-refractivity contribution is 0.477. The molecule has 2 aromatic heterocycles. The molecular formula is C22H19N5O4S2. The molecule has 0 saturated carbocycles. The van der Waals surface area contributed by atoms with E-state index in [4.69, 9.17) is 0 Å². The van der Waals surface area contributed by atoms with Gasteiger partial charge in [-0.2, -0.15) is 0 Å². The molecule has 11 heteroatoms. The van der Waals surface area contributed by atoms with E-state index >= 15 is 0 Å². The van der Waals surface area contributed by atoms with E-state index in [0.29, 0.717) is 10.8 Å². The second-order valence-corrected chi connectivity index (χ2v) is 9.71. The normalized spacial score (nSPS) is 15.4. The third-order valence-corrected chi connectivity index (χ3v) is 7.15. The number of aromatic nitrogens is 3. The van der Waals surface area contributed by atoms with E-state index in [1.165, 1.54) is 22.5 Å². The van der Waals surface area contributed by atoms with Crippen molar-refractivity contribution < 1.29 is 14.2 Å². The molecule has 0 fully saturated rings. The zero-order chi connectivity index (χ0) is 23.2. The molecule has 1 aliphatic heterocycles. The lowest BCUT2D eigenvalue weighted by atomic mass is 10.1. The standard InChI is InChI=1S/C22H19N5O4S2/c1-32-22-23-11-14-18(28)17(19-24-15-9-5-6-10-16(15)33(30,31)26-19)21(29)27(20(14)25-22)12-13-7-3-2-4-8-13/h2-11,28,30-31H,12H2,1H3,(H,24,26). The Morgan fingerprint density at radius 2 is 1.82 bits per heavy atom. The van der Waals surface area contributed by atoms with Crippen LogP contribution in [0.15, 0.2) is 80.0 Å². The van der Waals surface area contributed by atoms with Gasteiger partial charge in [0.05, 0.1) is 17.6 Å². The summed E-state index contributed by atoms with van der Waals surface area (Å²) in [5.74, 6) is -0.512. The van der Waals surface area contributed by atoms with Crippen molar-refractivity contribution in [2.75, 3.05) is 11.6 Å². The van der Waals surface area contributed by atoms with Crippen LogP contribution in [0.25, 0.3) is 11.0 Å². The Morgan fingerprint density at radius 1 is 1.09 bits per heavy atom. The first-order chi connectivity index (χ1) is 15.9. The van der Waals surface area contributed by atoms with E-state index < -0.39 is 16.3 Å². The van der Waals surface area contributed by atoms with Crippen LogP contribution < -0.4 is 10.9 Å². The lowest BCUT2D eigenvalue weighted by Crippen LogP contribution is -2.32. The van der Waals surface area contributed by atoms with Crippen molar-refractivity contribution in [3.8, 4) is 5.75 Å². The first kappa shape index (κ1) is 21.5. The summed E-state index contributed by atoms with van der Waals surface area (Å²) >= 11 is 1.32. The minimum Gasteiger partial charge on any atom is -0.506 e. The molecule has 2 aromatic carbocycles. The molecule has 0 bridgehead atoms. The van der Waals surface area contributed by atoms with Crippen LogP contribution in [0.5, 0.6) is 5.75 Å². The number of rotatable bonds is 4. The summed E-state index contributed by atoms with van der Waals surface area (Å²) in [5, 5.41) is 14.7. The fourth-order valence-corrected chi connectivity index (χ4v) is 5.17. The van der Waals surface area contributed by atoms with Crippen molar-refractivity contribution >= 4 is 45.1 Å². The number of pyridine rings is 1. The van der Waals surface area contributed by atoms with Gasteiger partial charge in [0.2, 0.25) is 0 Å². The van der Waals surface area contributed by atoms with Crippen LogP contribution in [0.4, 0.5) is 5.69 Å². The minimum atomic E-state index is -3.58. The van der Waals surface area contributed by atoms with Gasteiger partial charge in [-0.25, -0.2) is 9.97 Å². The number of hydrogen-bond acceptors (Lipinski definition) is 9. The van der Waals surface area contributed by atoms with Crippen molar-refractivity contribution in [3.63, 3.8) is 0 Å². The highest BCUT2D eigenvalue weighted by atomic mass is 32.3. The third-order valence-electron chi connectivity index (χ3n) is 5.21. The molecule has 9 nitrogen and oxygen atoms in total. The summed E-state index contributed by atoms with van der Waals surface area (Å²) in [6, 6.07) is 15.9. The van der Waals surface area contributed by atoms with Crippen molar-refractivity contribution in [1.82, 2.24) is 14.5 Å². The first-order valence-corrected chi connectivity index (χ1v) is 12.6. The minimum absolute atomic E-state index is 0.131. The van der Waals surface area contributed by atoms with Crippen LogP contribution in [0.2, 0.25) is 0 Å². The van der Waals surface area contributed by atoms with E-state index in [2.05, 4.69) is 19.7 Å². The van der Waals surface area contributed by atoms with Crippen molar-refractivity contribution in [1.29, 1.82) is 0 Å². The monoisotopic (exact) mass is 481 g/mol. The van der Waals surface area contributed by atoms with Gasteiger partial charge < -0.3 is 10.4 Å². The molecule has 0 aliphatic carbocycles. The van der Waals surface area contributed by atoms with E-state index in [1.807, 2.05) is 36.6 Å². The molecule has 0 atom stereocenters. The predicted octanol–water partition coefficient (Wildman–Crippen LogP) is 4.16. The van der Waals surface area contributed by atoms with Crippen LogP contribution in [-0.4, -0.2) is 40.8 Å². The van der Waals surface area contributed by atoms with Crippen molar-refractivity contribution in [2.45, 2.75) is 16.6 Å². The molecule has 4 aromatic rings. The number of nitrogens with one attached hydrogen (secondary N) is 1. The average Bonchev–Trinajstić information content (AvgIpc) is 2.82. The topological polar surface area (TPSA) is 133 Å². The molecule has 0 radical (unpaired) electrons. The maximum Gasteiger partial charge on any atom is 0.267 e. The van der Waals surface area contributed by atoms with Gasteiger partial charge in [-0.15, -0.1) is 4.40 Å². The molecule has 0 spiro atoms. The third kappa shape index (κ3) is 3.74. The Morgan fingerprint density at radius 3 is 2.58 bits per heavy atom. The number of thioether (sulfide) groups is 1. The zero-order valence-corrected chi connectivity index (χ0v) is 19.0. The zero-order valence-electron chi connectivity index (χ0n) is 17.3. The Balaban J connectivity index is 1.77. The highest BCUT2D eigenvalue weighted by Crippen LogP contribution is 2.55. The van der Waals surface area contributed by atoms with Gasteiger partial charge in [-0.1, -0.05) is 65.0 Å². The molecule has 5 rings (SSSR count). The predicted molar refractivity (Wildman–Crippen MR) is 131 cm³/mol. The fourth-order valence-electron chi connectivity index (χ4n) is 3.67. The number of fused-ring (bicyclic) bond motifs is 2. The van der Waals surface area contributed by atoms with E-state index in [9.17, 15) is 19.0 Å². The van der Waals surface area contributed by atoms with Crippen LogP contribution >= 0.6 is 22.5 Å². The molecule has 4 N–H and O–H groups in total. The molecule has 0 unspecified atom stereocenters. The molecule has 168 valence electrons. The molecule has 0 saturated heterocycles. The quantitative estimate of drug-likeness (QED) is 0.252. The average molecular weight is 482 g/mol. The summed E-state index contributed by atoms with van der Waals surface area (Å²) in [6.45, 7) is 0.189. The second kappa shape index (κ2) is 8.19. The Hall–Kier alpha value is -3.38. The van der Waals surface area contributed by atoms with Gasteiger partial charge in [0.1, 0.15) is 16.2 Å². The van der Waals surface area contributed by atoms with Gasteiger partial charge in [0.15, 0.2) is 16.6 Å². The highest BCUT2D eigenvalue weighted by molar-refractivity contribution is 8.23.